The molecule has 16 heavy (non-hydrogen) atoms. The minimum Gasteiger partial charge on any atom is -0.303 e. The zero-order valence-electron chi connectivity index (χ0n) is 10.6. The number of hydrogen-bond acceptors (Lipinski definition) is 1. The van der Waals surface area contributed by atoms with Gasteiger partial charge >= 0.3 is 0 Å². The maximum absolute atomic E-state index is 11.1. The van der Waals surface area contributed by atoms with Crippen molar-refractivity contribution >= 4 is 6.29 Å². The number of benzene rings is 1. The van der Waals surface area contributed by atoms with E-state index in [1.807, 2.05) is 0 Å². The van der Waals surface area contributed by atoms with Crippen molar-refractivity contribution in [1.29, 1.82) is 0 Å². The summed E-state index contributed by atoms with van der Waals surface area (Å²) in [4.78, 5) is 11.1. The lowest BCUT2D eigenvalue weighted by molar-refractivity contribution is -0.115. The zero-order chi connectivity index (χ0) is 12.0. The first-order valence-electron chi connectivity index (χ1n) is 5.93. The van der Waals surface area contributed by atoms with Gasteiger partial charge in [-0.2, -0.15) is 0 Å². The molecule has 1 aliphatic carbocycles. The maximum atomic E-state index is 11.1. The van der Waals surface area contributed by atoms with Gasteiger partial charge in [-0.05, 0) is 34.9 Å². The van der Waals surface area contributed by atoms with Crippen LogP contribution < -0.4 is 0 Å². The third-order valence-electron chi connectivity index (χ3n) is 3.55. The third kappa shape index (κ3) is 1.91. The molecule has 0 spiro atoms. The molecule has 1 aromatic rings. The molecule has 0 aromatic heterocycles. The van der Waals surface area contributed by atoms with E-state index in [0.717, 1.165) is 19.1 Å². The molecular formula is C15H20O. The molecule has 0 amide bonds. The van der Waals surface area contributed by atoms with Crippen molar-refractivity contribution in [1.82, 2.24) is 0 Å². The van der Waals surface area contributed by atoms with Crippen LogP contribution in [0.2, 0.25) is 0 Å². The minimum absolute atomic E-state index is 0.168. The van der Waals surface area contributed by atoms with Gasteiger partial charge in [0.25, 0.3) is 0 Å². The van der Waals surface area contributed by atoms with Gasteiger partial charge in [-0.15, -0.1) is 0 Å². The Hall–Kier alpha value is -1.11. The first kappa shape index (κ1) is 11.4. The molecule has 1 heteroatoms. The van der Waals surface area contributed by atoms with Gasteiger partial charge < -0.3 is 4.79 Å². The molecule has 0 radical (unpaired) electrons. The van der Waals surface area contributed by atoms with Gasteiger partial charge in [0.05, 0.1) is 0 Å². The van der Waals surface area contributed by atoms with E-state index in [4.69, 9.17) is 0 Å². The van der Waals surface area contributed by atoms with Crippen LogP contribution in [0.5, 0.6) is 0 Å². The average Bonchev–Trinajstić information content (AvgIpc) is 2.52. The Balaban J connectivity index is 2.38. The van der Waals surface area contributed by atoms with E-state index >= 15 is 0 Å². The minimum atomic E-state index is -0.168. The van der Waals surface area contributed by atoms with Crippen LogP contribution >= 0.6 is 0 Å². The number of carbonyl (C=O) groups is 1. The molecule has 86 valence electrons. The van der Waals surface area contributed by atoms with Gasteiger partial charge in [0.2, 0.25) is 0 Å². The highest BCUT2D eigenvalue weighted by molar-refractivity contribution is 5.63. The number of aldehydes is 1. The van der Waals surface area contributed by atoms with Crippen LogP contribution in [-0.2, 0) is 23.1 Å². The van der Waals surface area contributed by atoms with Crippen molar-refractivity contribution in [2.45, 2.75) is 46.0 Å². The van der Waals surface area contributed by atoms with Crippen molar-refractivity contribution < 1.29 is 4.79 Å². The lowest BCUT2D eigenvalue weighted by Gasteiger charge is -2.20. The lowest BCUT2D eigenvalue weighted by atomic mass is 9.85. The van der Waals surface area contributed by atoms with Crippen LogP contribution in [0.3, 0.4) is 0 Å². The number of carbonyl (C=O) groups excluding carboxylic acids is 1. The normalized spacial score (nSPS) is 24.2. The highest BCUT2D eigenvalue weighted by Crippen LogP contribution is 2.37. The summed E-state index contributed by atoms with van der Waals surface area (Å²) < 4.78 is 0. The van der Waals surface area contributed by atoms with E-state index in [1.54, 1.807) is 0 Å². The molecule has 0 fully saturated rings. The van der Waals surface area contributed by atoms with Crippen molar-refractivity contribution in [3.8, 4) is 0 Å². The Morgan fingerprint density at radius 3 is 2.38 bits per heavy atom. The fourth-order valence-corrected chi connectivity index (χ4v) is 2.45. The summed E-state index contributed by atoms with van der Waals surface area (Å²) in [5.41, 5.74) is 4.10. The summed E-state index contributed by atoms with van der Waals surface area (Å²) in [5.74, 6) is 0. The van der Waals surface area contributed by atoms with Crippen LogP contribution in [0.4, 0.5) is 0 Å². The smallest absolute Gasteiger partial charge is 0.126 e. The highest BCUT2D eigenvalue weighted by atomic mass is 16.1. The molecule has 0 bridgehead atoms. The third-order valence-corrected chi connectivity index (χ3v) is 3.55. The first-order valence-corrected chi connectivity index (χ1v) is 5.93. The van der Waals surface area contributed by atoms with Crippen molar-refractivity contribution in [3.63, 3.8) is 0 Å². The van der Waals surface area contributed by atoms with Gasteiger partial charge in [-0.1, -0.05) is 45.9 Å². The van der Waals surface area contributed by atoms with E-state index in [-0.39, 0.29) is 10.8 Å². The highest BCUT2D eigenvalue weighted by Gasteiger charge is 2.33. The summed E-state index contributed by atoms with van der Waals surface area (Å²) >= 11 is 0. The molecule has 1 nitrogen and oxygen atoms in total. The van der Waals surface area contributed by atoms with Gasteiger partial charge in [0, 0.05) is 5.41 Å². The zero-order valence-corrected chi connectivity index (χ0v) is 10.6. The SMILES string of the molecule is CC(C)(C)c1ccc2c(c1)C[C@](C)(C=O)C2. The maximum Gasteiger partial charge on any atom is 0.126 e. The number of rotatable bonds is 1. The van der Waals surface area contributed by atoms with Crippen LogP contribution in [0.1, 0.15) is 44.4 Å². The second-order valence-electron chi connectivity index (χ2n) is 6.36. The van der Waals surface area contributed by atoms with Gasteiger partial charge in [-0.3, -0.25) is 0 Å². The number of hydrogen-bond donors (Lipinski definition) is 0. The van der Waals surface area contributed by atoms with Gasteiger partial charge in [-0.25, -0.2) is 0 Å². The molecule has 0 aliphatic heterocycles. The Kier molecular flexibility index (Phi) is 2.45. The molecular weight excluding hydrogens is 196 g/mol. The van der Waals surface area contributed by atoms with Crippen LogP contribution in [0.15, 0.2) is 18.2 Å². The van der Waals surface area contributed by atoms with Crippen LogP contribution in [0.25, 0.3) is 0 Å². The largest absolute Gasteiger partial charge is 0.303 e. The summed E-state index contributed by atoms with van der Waals surface area (Å²) in [7, 11) is 0. The van der Waals surface area contributed by atoms with E-state index in [9.17, 15) is 4.79 Å². The molecule has 1 aromatic carbocycles. The molecule has 2 rings (SSSR count). The Morgan fingerprint density at radius 1 is 1.19 bits per heavy atom. The van der Waals surface area contributed by atoms with Crippen molar-refractivity contribution in [3.05, 3.63) is 34.9 Å². The lowest BCUT2D eigenvalue weighted by Crippen LogP contribution is -2.17. The van der Waals surface area contributed by atoms with Crippen LogP contribution in [0, 0.1) is 5.41 Å². The predicted octanol–water partition coefficient (Wildman–Crippen LogP) is 3.29. The monoisotopic (exact) mass is 216 g/mol. The van der Waals surface area contributed by atoms with E-state index in [2.05, 4.69) is 45.9 Å². The Bertz CT molecular complexity index is 426. The fourth-order valence-electron chi connectivity index (χ4n) is 2.45. The molecule has 1 atom stereocenters. The molecule has 0 saturated heterocycles. The van der Waals surface area contributed by atoms with Gasteiger partial charge in [0.15, 0.2) is 0 Å². The van der Waals surface area contributed by atoms with Gasteiger partial charge in [0.1, 0.15) is 6.29 Å². The predicted molar refractivity (Wildman–Crippen MR) is 66.7 cm³/mol. The Morgan fingerprint density at radius 2 is 1.81 bits per heavy atom. The van der Waals surface area contributed by atoms with E-state index in [0.29, 0.717) is 0 Å². The second kappa shape index (κ2) is 3.44. The summed E-state index contributed by atoms with van der Waals surface area (Å²) in [6, 6.07) is 6.68. The Labute approximate surface area is 97.9 Å². The average molecular weight is 216 g/mol. The fraction of sp³-hybridized carbons (Fsp3) is 0.533. The molecule has 0 N–H and O–H groups in total. The topological polar surface area (TPSA) is 17.1 Å². The second-order valence-corrected chi connectivity index (χ2v) is 6.36. The molecule has 0 unspecified atom stereocenters. The standard InChI is InChI=1S/C15H20O/c1-14(2,3)13-6-5-11-8-15(4,10-16)9-12(11)7-13/h5-7,10H,8-9H2,1-4H3/t15-/m1/s1. The summed E-state index contributed by atoms with van der Waals surface area (Å²) in [6.07, 6.45) is 2.91. The van der Waals surface area contributed by atoms with Crippen molar-refractivity contribution in [2.24, 2.45) is 5.41 Å². The summed E-state index contributed by atoms with van der Waals surface area (Å²) in [5, 5.41) is 0. The summed E-state index contributed by atoms with van der Waals surface area (Å²) in [6.45, 7) is 8.73. The van der Waals surface area contributed by atoms with E-state index in [1.165, 1.54) is 16.7 Å². The molecule has 0 heterocycles. The first-order chi connectivity index (χ1) is 7.34. The number of fused-ring (bicyclic) bond motifs is 1. The quantitative estimate of drug-likeness (QED) is 0.658. The molecule has 1 aliphatic rings. The van der Waals surface area contributed by atoms with E-state index < -0.39 is 0 Å². The van der Waals surface area contributed by atoms with Crippen molar-refractivity contribution in [2.75, 3.05) is 0 Å². The molecule has 0 saturated carbocycles. The van der Waals surface area contributed by atoms with Crippen LogP contribution in [-0.4, -0.2) is 6.29 Å².